The van der Waals surface area contributed by atoms with E-state index in [1.54, 1.807) is 6.26 Å². The van der Waals surface area contributed by atoms with Gasteiger partial charge in [-0.05, 0) is 48.6 Å². The van der Waals surface area contributed by atoms with E-state index in [0.29, 0.717) is 12.6 Å². The predicted molar refractivity (Wildman–Crippen MR) is 115 cm³/mol. The monoisotopic (exact) mass is 391 g/mol. The van der Waals surface area contributed by atoms with Gasteiger partial charge < -0.3 is 15.1 Å². The van der Waals surface area contributed by atoms with Gasteiger partial charge in [-0.3, -0.25) is 9.67 Å². The third-order valence-electron chi connectivity index (χ3n) is 5.49. The fraction of sp³-hybridized carbons (Fsp3) is 0.391. The lowest BCUT2D eigenvalue weighted by Gasteiger charge is -2.27. The van der Waals surface area contributed by atoms with Gasteiger partial charge in [0.15, 0.2) is 5.96 Å². The summed E-state index contributed by atoms with van der Waals surface area (Å²) in [4.78, 5) is 4.80. The molecule has 2 aromatic heterocycles. The Kier molecular flexibility index (Phi) is 6.29. The second kappa shape index (κ2) is 9.45. The molecule has 152 valence electrons. The zero-order valence-corrected chi connectivity index (χ0v) is 17.0. The van der Waals surface area contributed by atoms with Crippen LogP contribution in [0.4, 0.5) is 0 Å². The van der Waals surface area contributed by atoms with E-state index in [0.717, 1.165) is 50.4 Å². The molecule has 6 heteroatoms. The largest absolute Gasteiger partial charge is 0.469 e. The molecule has 1 atom stereocenters. The fourth-order valence-corrected chi connectivity index (χ4v) is 3.86. The van der Waals surface area contributed by atoms with Crippen molar-refractivity contribution in [3.63, 3.8) is 0 Å². The second-order valence-electron chi connectivity index (χ2n) is 7.54. The lowest BCUT2D eigenvalue weighted by Crippen LogP contribution is -2.46. The van der Waals surface area contributed by atoms with Crippen LogP contribution in [0.25, 0.3) is 0 Å². The average molecular weight is 392 g/mol. The molecule has 3 aromatic rings. The normalized spacial score (nSPS) is 16.4. The Hall–Kier alpha value is -3.02. The molecule has 29 heavy (non-hydrogen) atoms. The van der Waals surface area contributed by atoms with Crippen LogP contribution in [0.5, 0.6) is 0 Å². The average Bonchev–Trinajstić information content (AvgIpc) is 3.40. The first-order valence-corrected chi connectivity index (χ1v) is 10.4. The summed E-state index contributed by atoms with van der Waals surface area (Å²) in [5, 5.41) is 11.4. The van der Waals surface area contributed by atoms with Crippen molar-refractivity contribution in [2.24, 2.45) is 12.0 Å². The van der Waals surface area contributed by atoms with Crippen molar-refractivity contribution in [1.82, 2.24) is 20.4 Å². The van der Waals surface area contributed by atoms with Crippen LogP contribution >= 0.6 is 0 Å². The van der Waals surface area contributed by atoms with Crippen LogP contribution in [-0.2, 0) is 32.7 Å². The lowest BCUT2D eigenvalue weighted by molar-refractivity contribution is 0.507. The highest BCUT2D eigenvalue weighted by atomic mass is 16.3. The van der Waals surface area contributed by atoms with Gasteiger partial charge >= 0.3 is 0 Å². The van der Waals surface area contributed by atoms with Gasteiger partial charge in [0.25, 0.3) is 0 Å². The third kappa shape index (κ3) is 5.28. The summed E-state index contributed by atoms with van der Waals surface area (Å²) in [5.41, 5.74) is 4.13. The highest BCUT2D eigenvalue weighted by molar-refractivity contribution is 5.80. The molecule has 0 bridgehead atoms. The number of hydrogen-bond donors (Lipinski definition) is 2. The molecule has 1 aliphatic carbocycles. The number of guanidine groups is 1. The Bertz CT molecular complexity index is 928. The second-order valence-corrected chi connectivity index (χ2v) is 7.54. The van der Waals surface area contributed by atoms with E-state index in [2.05, 4.69) is 46.1 Å². The van der Waals surface area contributed by atoms with E-state index >= 15 is 0 Å². The number of nitrogens with one attached hydrogen (secondary N) is 2. The Balaban J connectivity index is 1.36. The zero-order chi connectivity index (χ0) is 19.9. The Morgan fingerprint density at radius 3 is 2.86 bits per heavy atom. The number of aliphatic imine (C=N–C) groups is 1. The molecule has 1 unspecified atom stereocenters. The number of aromatic nitrogens is 2. The SMILES string of the molecule is Cn1nccc1CCNC(=NCCc1ccco1)NC1CCc2ccccc2C1. The third-order valence-corrected chi connectivity index (χ3v) is 5.49. The number of aryl methyl sites for hydroxylation is 2. The van der Waals surface area contributed by atoms with E-state index in [4.69, 9.17) is 9.41 Å². The molecule has 2 heterocycles. The Morgan fingerprint density at radius 2 is 2.07 bits per heavy atom. The minimum absolute atomic E-state index is 0.400. The minimum atomic E-state index is 0.400. The molecule has 1 aromatic carbocycles. The van der Waals surface area contributed by atoms with Gasteiger partial charge in [-0.25, -0.2) is 0 Å². The molecule has 1 aliphatic rings. The zero-order valence-electron chi connectivity index (χ0n) is 17.0. The number of hydrogen-bond acceptors (Lipinski definition) is 3. The number of rotatable bonds is 7. The van der Waals surface area contributed by atoms with Crippen LogP contribution in [0, 0.1) is 0 Å². The molecule has 6 nitrogen and oxygen atoms in total. The van der Waals surface area contributed by atoms with Crippen molar-refractivity contribution >= 4 is 5.96 Å². The van der Waals surface area contributed by atoms with Gasteiger partial charge in [-0.15, -0.1) is 0 Å². The lowest BCUT2D eigenvalue weighted by atomic mass is 9.88. The first-order valence-electron chi connectivity index (χ1n) is 10.4. The smallest absolute Gasteiger partial charge is 0.191 e. The van der Waals surface area contributed by atoms with Gasteiger partial charge in [0.2, 0.25) is 0 Å². The number of nitrogens with zero attached hydrogens (tertiary/aromatic N) is 3. The van der Waals surface area contributed by atoms with Gasteiger partial charge in [0.05, 0.1) is 6.26 Å². The summed E-state index contributed by atoms with van der Waals surface area (Å²) < 4.78 is 7.35. The maximum Gasteiger partial charge on any atom is 0.191 e. The number of benzene rings is 1. The molecule has 0 amide bonds. The molecular weight excluding hydrogens is 362 g/mol. The van der Waals surface area contributed by atoms with Crippen molar-refractivity contribution in [2.75, 3.05) is 13.1 Å². The molecule has 0 radical (unpaired) electrons. The van der Waals surface area contributed by atoms with E-state index < -0.39 is 0 Å². The molecule has 0 spiro atoms. The maximum absolute atomic E-state index is 5.43. The maximum atomic E-state index is 5.43. The summed E-state index contributed by atoms with van der Waals surface area (Å²) in [6.45, 7) is 1.51. The van der Waals surface area contributed by atoms with Crippen molar-refractivity contribution in [1.29, 1.82) is 0 Å². The highest BCUT2D eigenvalue weighted by Gasteiger charge is 2.19. The molecule has 0 fully saturated rings. The van der Waals surface area contributed by atoms with Crippen LogP contribution in [0.1, 0.15) is 29.0 Å². The van der Waals surface area contributed by atoms with E-state index in [9.17, 15) is 0 Å². The Morgan fingerprint density at radius 1 is 1.17 bits per heavy atom. The summed E-state index contributed by atoms with van der Waals surface area (Å²) in [6, 6.07) is 15.1. The summed E-state index contributed by atoms with van der Waals surface area (Å²) in [7, 11) is 1.98. The molecule has 0 saturated carbocycles. The molecule has 4 rings (SSSR count). The molecular formula is C23H29N5O. The van der Waals surface area contributed by atoms with E-state index in [-0.39, 0.29) is 0 Å². The van der Waals surface area contributed by atoms with Gasteiger partial charge in [-0.2, -0.15) is 5.10 Å². The topological polar surface area (TPSA) is 67.4 Å². The van der Waals surface area contributed by atoms with E-state index in [1.165, 1.54) is 16.8 Å². The Labute approximate surface area is 172 Å². The first kappa shape index (κ1) is 19.3. The van der Waals surface area contributed by atoms with Crippen molar-refractivity contribution in [2.45, 2.75) is 38.1 Å². The van der Waals surface area contributed by atoms with Crippen LogP contribution < -0.4 is 10.6 Å². The minimum Gasteiger partial charge on any atom is -0.469 e. The van der Waals surface area contributed by atoms with Crippen LogP contribution in [0.2, 0.25) is 0 Å². The standard InChI is InChI=1S/C23H29N5O/c1-28-21(11-15-26-28)10-13-24-23(25-14-12-22-7-4-16-29-22)27-20-9-8-18-5-2-3-6-19(18)17-20/h2-7,11,15-16,20H,8-10,12-14,17H2,1H3,(H2,24,25,27). The summed E-state index contributed by atoms with van der Waals surface area (Å²) >= 11 is 0. The molecule has 0 aliphatic heterocycles. The summed E-state index contributed by atoms with van der Waals surface area (Å²) in [6.07, 6.45) is 8.53. The van der Waals surface area contributed by atoms with Crippen molar-refractivity contribution in [3.8, 4) is 0 Å². The number of furan rings is 1. The quantitative estimate of drug-likeness (QED) is 0.480. The fourth-order valence-electron chi connectivity index (χ4n) is 3.86. The van der Waals surface area contributed by atoms with Crippen molar-refractivity contribution in [3.05, 3.63) is 77.5 Å². The van der Waals surface area contributed by atoms with Crippen LogP contribution in [0.15, 0.2) is 64.3 Å². The molecule has 2 N–H and O–H groups in total. The number of fused-ring (bicyclic) bond motifs is 1. The van der Waals surface area contributed by atoms with Crippen molar-refractivity contribution < 1.29 is 4.42 Å². The van der Waals surface area contributed by atoms with Gasteiger partial charge in [-0.1, -0.05) is 24.3 Å². The van der Waals surface area contributed by atoms with Crippen LogP contribution in [-0.4, -0.2) is 34.9 Å². The first-order chi connectivity index (χ1) is 14.3. The predicted octanol–water partition coefficient (Wildman–Crippen LogP) is 2.89. The van der Waals surface area contributed by atoms with Gasteiger partial charge in [0, 0.05) is 50.9 Å². The van der Waals surface area contributed by atoms with Gasteiger partial charge in [0.1, 0.15) is 5.76 Å². The summed E-state index contributed by atoms with van der Waals surface area (Å²) in [5.74, 6) is 1.85. The molecule has 0 saturated heterocycles. The highest BCUT2D eigenvalue weighted by Crippen LogP contribution is 2.20. The van der Waals surface area contributed by atoms with E-state index in [1.807, 2.05) is 30.1 Å². The van der Waals surface area contributed by atoms with Crippen LogP contribution in [0.3, 0.4) is 0 Å².